The van der Waals surface area contributed by atoms with Crippen LogP contribution in [0.15, 0.2) is 17.0 Å². The number of likely N-dealkylation sites (tertiary alicyclic amines) is 1. The van der Waals surface area contributed by atoms with Crippen LogP contribution < -0.4 is 15.4 Å². The van der Waals surface area contributed by atoms with Gasteiger partial charge in [-0.25, -0.2) is 18.0 Å². The summed E-state index contributed by atoms with van der Waals surface area (Å²) in [5, 5.41) is 86.5. The third kappa shape index (κ3) is 7.20. The molecule has 20 heteroatoms. The molecule has 12 atom stereocenters. The number of hydrogen-bond donors (Lipinski definition) is 10. The zero-order valence-corrected chi connectivity index (χ0v) is 27.8. The van der Waals surface area contributed by atoms with Crippen molar-refractivity contribution in [1.29, 1.82) is 0 Å². The number of likely N-dealkylation sites (N-methyl/N-ethyl adjacent to an activating group) is 1. The zero-order valence-electron chi connectivity index (χ0n) is 26.9. The number of benzene rings is 1. The summed E-state index contributed by atoms with van der Waals surface area (Å²) in [6.07, 6.45) is -16.9. The number of carbonyl (C=O) groups is 3. The van der Waals surface area contributed by atoms with Crippen molar-refractivity contribution in [2.24, 2.45) is 0 Å². The number of nitrogens with zero attached hydrogens (tertiary/aromatic N) is 1. The van der Waals surface area contributed by atoms with Gasteiger partial charge in [-0.05, 0) is 13.0 Å². The fraction of sp³-hybridized carbons (Fsp3) is 0.690. The maximum Gasteiger partial charge on any atom is 0.335 e. The second-order valence-electron chi connectivity index (χ2n) is 12.3. The van der Waals surface area contributed by atoms with Gasteiger partial charge in [0, 0.05) is 18.9 Å². The first-order chi connectivity index (χ1) is 22.9. The van der Waals surface area contributed by atoms with E-state index in [0.717, 1.165) is 12.1 Å². The molecule has 0 bridgehead atoms. The van der Waals surface area contributed by atoms with Crippen LogP contribution in [0.1, 0.15) is 37.0 Å². The van der Waals surface area contributed by atoms with Gasteiger partial charge >= 0.3 is 11.9 Å². The molecule has 1 amide bonds. The van der Waals surface area contributed by atoms with Gasteiger partial charge in [-0.15, -0.1) is 0 Å². The molecule has 12 unspecified atom stereocenters. The van der Waals surface area contributed by atoms with Gasteiger partial charge in [-0.3, -0.25) is 9.28 Å². The summed E-state index contributed by atoms with van der Waals surface area (Å²) in [5.74, 6) is -4.54. The molecule has 3 heterocycles. The lowest BCUT2D eigenvalue weighted by atomic mass is 9.95. The van der Waals surface area contributed by atoms with Gasteiger partial charge < -0.3 is 65.7 Å². The third-order valence-corrected chi connectivity index (χ3v) is 11.4. The maximum atomic E-state index is 13.6. The lowest BCUT2D eigenvalue weighted by Gasteiger charge is -2.50. The zero-order chi connectivity index (χ0) is 36.6. The van der Waals surface area contributed by atoms with Gasteiger partial charge in [0.2, 0.25) is 6.23 Å². The van der Waals surface area contributed by atoms with E-state index >= 15 is 0 Å². The number of quaternary nitrogens is 1. The molecule has 0 aliphatic carbocycles. The molecule has 276 valence electrons. The predicted octanol–water partition coefficient (Wildman–Crippen LogP) is -3.59. The van der Waals surface area contributed by atoms with Crippen LogP contribution in [0.2, 0.25) is 0 Å². The standard InChI is InChI=1S/C29H43N3O16S/c1-4-32(27-22(38)18(34)20(36)24(48-27)29(42)43)8-6-7-12(32)11-30-25(39)13-9-16(49(44,45)5-2)14(10-15(13)46-3)31-26-21(37)17(33)19(35)23(47-26)28(40)41/h9-10,12,17-24,26-27,33-38H,4-8,11H2,1-3H3,(H3-,30,31,39,40,41,42,43)/p+1. The van der Waals surface area contributed by atoms with E-state index in [0.29, 0.717) is 25.9 Å². The summed E-state index contributed by atoms with van der Waals surface area (Å²) in [7, 11) is -2.93. The Morgan fingerprint density at radius 3 is 2.04 bits per heavy atom. The van der Waals surface area contributed by atoms with Crippen LogP contribution in [0.4, 0.5) is 5.69 Å². The average Bonchev–Trinajstić information content (AvgIpc) is 3.49. The molecular weight excluding hydrogens is 678 g/mol. The molecule has 0 saturated carbocycles. The van der Waals surface area contributed by atoms with E-state index in [9.17, 15) is 63.7 Å². The van der Waals surface area contributed by atoms with E-state index in [1.807, 2.05) is 0 Å². The predicted molar refractivity (Wildman–Crippen MR) is 164 cm³/mol. The Labute approximate surface area is 281 Å². The molecule has 3 aliphatic rings. The topological polar surface area (TPSA) is 299 Å². The number of hydrogen-bond acceptors (Lipinski definition) is 15. The van der Waals surface area contributed by atoms with Crippen molar-refractivity contribution in [1.82, 2.24) is 5.32 Å². The fourth-order valence-electron chi connectivity index (χ4n) is 6.86. The van der Waals surface area contributed by atoms with Gasteiger partial charge in [-0.2, -0.15) is 0 Å². The number of aliphatic carboxylic acids is 2. The first-order valence-corrected chi connectivity index (χ1v) is 17.3. The Morgan fingerprint density at radius 2 is 1.49 bits per heavy atom. The number of amides is 1. The Balaban J connectivity index is 1.63. The van der Waals surface area contributed by atoms with Crippen molar-refractivity contribution >= 4 is 33.4 Å². The largest absolute Gasteiger partial charge is 0.496 e. The number of sulfone groups is 1. The van der Waals surface area contributed by atoms with E-state index in [1.165, 1.54) is 14.0 Å². The van der Waals surface area contributed by atoms with Crippen molar-refractivity contribution < 1.29 is 82.3 Å². The minimum absolute atomic E-state index is 0.0495. The molecule has 3 saturated heterocycles. The summed E-state index contributed by atoms with van der Waals surface area (Å²) in [4.78, 5) is 36.5. The molecule has 0 aromatic heterocycles. The van der Waals surface area contributed by atoms with Gasteiger partial charge in [0.15, 0.2) is 34.4 Å². The van der Waals surface area contributed by atoms with Crippen LogP contribution in [-0.4, -0.2) is 171 Å². The number of rotatable bonds is 12. The van der Waals surface area contributed by atoms with E-state index in [-0.39, 0.29) is 28.0 Å². The molecule has 4 rings (SSSR count). The van der Waals surface area contributed by atoms with Crippen molar-refractivity contribution in [3.8, 4) is 5.75 Å². The monoisotopic (exact) mass is 722 g/mol. The summed E-state index contributed by atoms with van der Waals surface area (Å²) >= 11 is 0. The minimum atomic E-state index is -4.13. The Hall–Kier alpha value is -3.18. The fourth-order valence-corrected chi connectivity index (χ4v) is 7.92. The average molecular weight is 723 g/mol. The molecule has 1 aromatic carbocycles. The molecular formula is C29H44N3O16S+. The number of carboxylic acid groups (broad SMARTS) is 2. The van der Waals surface area contributed by atoms with E-state index < -0.39 is 106 Å². The lowest BCUT2D eigenvalue weighted by molar-refractivity contribution is -0.985. The molecule has 49 heavy (non-hydrogen) atoms. The highest BCUT2D eigenvalue weighted by atomic mass is 32.2. The number of anilines is 1. The van der Waals surface area contributed by atoms with Crippen molar-refractivity contribution in [2.75, 3.05) is 37.8 Å². The number of carbonyl (C=O) groups excluding carboxylic acids is 1. The van der Waals surface area contributed by atoms with Crippen molar-refractivity contribution in [2.45, 2.75) is 98.9 Å². The summed E-state index contributed by atoms with van der Waals surface area (Å²) in [6, 6.07) is 1.67. The molecule has 0 radical (unpaired) electrons. The second-order valence-corrected chi connectivity index (χ2v) is 14.5. The SMILES string of the molecule is CC[N+]1(C2OC(C(=O)O)C(O)C(O)C2O)CCCC1CNC(=O)c1cc(S(=O)(=O)CC)c(NC2OC(C(=O)O)C(O)C(O)C2O)cc1OC. The highest BCUT2D eigenvalue weighted by Crippen LogP contribution is 2.38. The smallest absolute Gasteiger partial charge is 0.335 e. The third-order valence-electron chi connectivity index (χ3n) is 9.68. The summed E-state index contributed by atoms with van der Waals surface area (Å²) in [6.45, 7) is 3.73. The highest BCUT2D eigenvalue weighted by Gasteiger charge is 2.58. The molecule has 0 spiro atoms. The Bertz CT molecular complexity index is 1510. The maximum absolute atomic E-state index is 13.6. The summed E-state index contributed by atoms with van der Waals surface area (Å²) in [5.41, 5.74) is -0.489. The molecule has 19 nitrogen and oxygen atoms in total. The van der Waals surface area contributed by atoms with Crippen LogP contribution in [0.5, 0.6) is 5.75 Å². The number of aliphatic hydroxyl groups excluding tert-OH is 6. The van der Waals surface area contributed by atoms with Crippen LogP contribution in [0, 0.1) is 0 Å². The van der Waals surface area contributed by atoms with Gasteiger partial charge in [0.05, 0.1) is 48.6 Å². The number of ether oxygens (including phenoxy) is 3. The van der Waals surface area contributed by atoms with Gasteiger partial charge in [0.25, 0.3) is 5.91 Å². The number of aliphatic hydroxyl groups is 6. The highest BCUT2D eigenvalue weighted by molar-refractivity contribution is 7.91. The molecule has 10 N–H and O–H groups in total. The second kappa shape index (κ2) is 15.0. The first kappa shape index (κ1) is 38.6. The van der Waals surface area contributed by atoms with Gasteiger partial charge in [-0.1, -0.05) is 6.92 Å². The molecule has 3 fully saturated rings. The van der Waals surface area contributed by atoms with Crippen LogP contribution in [0.3, 0.4) is 0 Å². The van der Waals surface area contributed by atoms with E-state index in [4.69, 9.17) is 14.2 Å². The number of carboxylic acids is 2. The van der Waals surface area contributed by atoms with Crippen LogP contribution >= 0.6 is 0 Å². The van der Waals surface area contributed by atoms with Crippen molar-refractivity contribution in [3.05, 3.63) is 17.7 Å². The minimum Gasteiger partial charge on any atom is -0.496 e. The van der Waals surface area contributed by atoms with Crippen LogP contribution in [-0.2, 0) is 28.9 Å². The number of methoxy groups -OCH3 is 1. The number of nitrogens with one attached hydrogen (secondary N) is 2. The Morgan fingerprint density at radius 1 is 0.898 bits per heavy atom. The quantitative estimate of drug-likeness (QED) is 0.0933. The van der Waals surface area contributed by atoms with E-state index in [2.05, 4.69) is 10.6 Å². The van der Waals surface area contributed by atoms with Gasteiger partial charge in [0.1, 0.15) is 42.3 Å². The van der Waals surface area contributed by atoms with Crippen molar-refractivity contribution in [3.63, 3.8) is 0 Å². The van der Waals surface area contributed by atoms with Crippen LogP contribution in [0.25, 0.3) is 0 Å². The first-order valence-electron chi connectivity index (χ1n) is 15.7. The Kier molecular flexibility index (Phi) is 11.8. The lowest BCUT2D eigenvalue weighted by Crippen LogP contribution is -2.72. The molecule has 1 aromatic rings. The van der Waals surface area contributed by atoms with E-state index in [1.54, 1.807) is 6.92 Å². The summed E-state index contributed by atoms with van der Waals surface area (Å²) < 4.78 is 42.7. The normalized spacial score (nSPS) is 36.6. The molecule has 3 aliphatic heterocycles.